The van der Waals surface area contributed by atoms with Gasteiger partial charge in [-0.2, -0.15) is 0 Å². The van der Waals surface area contributed by atoms with Crippen LogP contribution in [0.15, 0.2) is 0 Å². The first-order chi connectivity index (χ1) is 10.8. The van der Waals surface area contributed by atoms with Crippen LogP contribution in [0.3, 0.4) is 0 Å². The summed E-state index contributed by atoms with van der Waals surface area (Å²) < 4.78 is 26.9. The van der Waals surface area contributed by atoms with Crippen LogP contribution in [0.1, 0.15) is 0 Å². The first-order valence-electron chi connectivity index (χ1n) is 7.62. The number of ether oxygens (including phenoxy) is 5. The Kier molecular flexibility index (Phi) is 12.1. The SMILES string of the molecule is O=C(O)CN1CCOCCOCCOCCOCCOCC1. The zero-order valence-corrected chi connectivity index (χ0v) is 13.0. The molecule has 1 N–H and O–H groups in total. The molecule has 0 aromatic rings. The number of hydrogen-bond acceptors (Lipinski definition) is 7. The number of carbonyl (C=O) groups is 1. The van der Waals surface area contributed by atoms with Crippen molar-refractivity contribution in [2.45, 2.75) is 0 Å². The first-order valence-corrected chi connectivity index (χ1v) is 7.62. The molecule has 0 saturated carbocycles. The van der Waals surface area contributed by atoms with Crippen molar-refractivity contribution in [2.24, 2.45) is 0 Å². The summed E-state index contributed by atoms with van der Waals surface area (Å²) in [5.41, 5.74) is 0. The van der Waals surface area contributed by atoms with E-state index >= 15 is 0 Å². The Labute approximate surface area is 131 Å². The Hall–Kier alpha value is -0.770. The summed E-state index contributed by atoms with van der Waals surface area (Å²) in [5, 5.41) is 8.89. The number of hydrogen-bond donors (Lipinski definition) is 1. The molecule has 0 bridgehead atoms. The maximum atomic E-state index is 10.8. The van der Waals surface area contributed by atoms with E-state index in [2.05, 4.69) is 0 Å². The van der Waals surface area contributed by atoms with E-state index in [1.54, 1.807) is 4.90 Å². The van der Waals surface area contributed by atoms with Gasteiger partial charge in [-0.15, -0.1) is 0 Å². The topological polar surface area (TPSA) is 86.7 Å². The third kappa shape index (κ3) is 11.8. The van der Waals surface area contributed by atoms with Crippen LogP contribution >= 0.6 is 0 Å². The van der Waals surface area contributed by atoms with Crippen LogP contribution in [0.25, 0.3) is 0 Å². The maximum absolute atomic E-state index is 10.8. The highest BCUT2D eigenvalue weighted by atomic mass is 16.6. The molecule has 0 aliphatic carbocycles. The summed E-state index contributed by atoms with van der Waals surface area (Å²) in [4.78, 5) is 12.6. The number of carboxylic acid groups (broad SMARTS) is 1. The van der Waals surface area contributed by atoms with Gasteiger partial charge in [0, 0.05) is 13.1 Å². The Morgan fingerprint density at radius 1 is 0.682 bits per heavy atom. The van der Waals surface area contributed by atoms with Gasteiger partial charge in [-0.25, -0.2) is 0 Å². The van der Waals surface area contributed by atoms with Gasteiger partial charge in [0.25, 0.3) is 0 Å². The summed E-state index contributed by atoms with van der Waals surface area (Å²) in [6.07, 6.45) is 0. The van der Waals surface area contributed by atoms with E-state index < -0.39 is 5.97 Å². The van der Waals surface area contributed by atoms with Crippen molar-refractivity contribution in [2.75, 3.05) is 85.7 Å². The van der Waals surface area contributed by atoms with Crippen LogP contribution in [-0.4, -0.2) is 102 Å². The van der Waals surface area contributed by atoms with Crippen LogP contribution in [0, 0.1) is 0 Å². The van der Waals surface area contributed by atoms with Crippen molar-refractivity contribution in [3.8, 4) is 0 Å². The molecule has 0 aromatic heterocycles. The smallest absolute Gasteiger partial charge is 0.317 e. The summed E-state index contributed by atoms with van der Waals surface area (Å²) in [6, 6.07) is 0. The monoisotopic (exact) mass is 321 g/mol. The lowest BCUT2D eigenvalue weighted by Gasteiger charge is -2.20. The number of aliphatic carboxylic acids is 1. The molecule has 1 rings (SSSR count). The standard InChI is InChI=1S/C14H27NO7/c16-14(17)13-15-1-3-18-5-7-20-9-11-22-12-10-21-8-6-19-4-2-15/h1-13H2,(H,16,17). The fraction of sp³-hybridized carbons (Fsp3) is 0.929. The molecule has 1 aliphatic heterocycles. The molecule has 1 heterocycles. The molecule has 0 aromatic carbocycles. The van der Waals surface area contributed by atoms with Gasteiger partial charge in [-0.1, -0.05) is 0 Å². The van der Waals surface area contributed by atoms with Crippen molar-refractivity contribution in [3.63, 3.8) is 0 Å². The van der Waals surface area contributed by atoms with Crippen molar-refractivity contribution < 1.29 is 33.6 Å². The molecular weight excluding hydrogens is 294 g/mol. The van der Waals surface area contributed by atoms with Crippen molar-refractivity contribution in [3.05, 3.63) is 0 Å². The molecule has 0 radical (unpaired) electrons. The van der Waals surface area contributed by atoms with E-state index in [1.165, 1.54) is 0 Å². The van der Waals surface area contributed by atoms with Crippen LogP contribution in [-0.2, 0) is 28.5 Å². The molecule has 0 amide bonds. The van der Waals surface area contributed by atoms with Gasteiger partial charge in [0.1, 0.15) is 0 Å². The van der Waals surface area contributed by atoms with E-state index in [4.69, 9.17) is 28.8 Å². The maximum Gasteiger partial charge on any atom is 0.317 e. The zero-order valence-electron chi connectivity index (χ0n) is 13.0. The highest BCUT2D eigenvalue weighted by molar-refractivity contribution is 5.69. The molecule has 1 aliphatic rings. The van der Waals surface area contributed by atoms with Crippen molar-refractivity contribution in [1.29, 1.82) is 0 Å². The predicted molar refractivity (Wildman–Crippen MR) is 78.2 cm³/mol. The fourth-order valence-corrected chi connectivity index (χ4v) is 1.83. The lowest BCUT2D eigenvalue weighted by atomic mass is 10.4. The average molecular weight is 321 g/mol. The van der Waals surface area contributed by atoms with Gasteiger partial charge in [0.15, 0.2) is 0 Å². The van der Waals surface area contributed by atoms with Gasteiger partial charge in [0.05, 0.1) is 72.6 Å². The lowest BCUT2D eigenvalue weighted by molar-refractivity contribution is -0.138. The van der Waals surface area contributed by atoms with Gasteiger partial charge in [-0.3, -0.25) is 9.69 Å². The highest BCUT2D eigenvalue weighted by Crippen LogP contribution is 1.92. The molecule has 8 heteroatoms. The second-order valence-corrected chi connectivity index (χ2v) is 4.73. The number of nitrogens with zero attached hydrogens (tertiary/aromatic N) is 1. The van der Waals surface area contributed by atoms with E-state index in [-0.39, 0.29) is 6.54 Å². The molecule has 0 unspecified atom stereocenters. The lowest BCUT2D eigenvalue weighted by Crippen LogP contribution is -2.35. The Morgan fingerprint density at radius 2 is 1.00 bits per heavy atom. The van der Waals surface area contributed by atoms with E-state index in [0.717, 1.165) is 0 Å². The molecular formula is C14H27NO7. The normalized spacial score (nSPS) is 22.5. The molecule has 1 saturated heterocycles. The summed E-state index contributed by atoms with van der Waals surface area (Å²) in [5.74, 6) is -0.853. The van der Waals surface area contributed by atoms with E-state index in [0.29, 0.717) is 79.2 Å². The minimum atomic E-state index is -0.853. The second kappa shape index (κ2) is 13.9. The first kappa shape index (κ1) is 19.3. The molecule has 1 fully saturated rings. The minimum absolute atomic E-state index is 0.0168. The second-order valence-electron chi connectivity index (χ2n) is 4.73. The van der Waals surface area contributed by atoms with Gasteiger partial charge >= 0.3 is 5.97 Å². The van der Waals surface area contributed by atoms with E-state index in [9.17, 15) is 4.79 Å². The van der Waals surface area contributed by atoms with Crippen LogP contribution < -0.4 is 0 Å². The average Bonchev–Trinajstić information content (AvgIpc) is 2.48. The summed E-state index contributed by atoms with van der Waals surface area (Å²) in [7, 11) is 0. The largest absolute Gasteiger partial charge is 0.480 e. The number of rotatable bonds is 2. The zero-order chi connectivity index (χ0) is 15.9. The van der Waals surface area contributed by atoms with Crippen LogP contribution in [0.2, 0.25) is 0 Å². The van der Waals surface area contributed by atoms with Crippen molar-refractivity contribution >= 4 is 5.97 Å². The Morgan fingerprint density at radius 3 is 1.32 bits per heavy atom. The third-order valence-corrected chi connectivity index (χ3v) is 2.95. The predicted octanol–water partition coefficient (Wildman–Crippen LogP) is -0.530. The summed E-state index contributed by atoms with van der Waals surface area (Å²) >= 11 is 0. The third-order valence-electron chi connectivity index (χ3n) is 2.95. The minimum Gasteiger partial charge on any atom is -0.480 e. The molecule has 0 spiro atoms. The number of carboxylic acids is 1. The van der Waals surface area contributed by atoms with Gasteiger partial charge in [0.2, 0.25) is 0 Å². The summed E-state index contributed by atoms with van der Waals surface area (Å²) in [6.45, 7) is 6.12. The van der Waals surface area contributed by atoms with Gasteiger partial charge in [-0.05, 0) is 0 Å². The quantitative estimate of drug-likeness (QED) is 0.726. The molecule has 8 nitrogen and oxygen atoms in total. The van der Waals surface area contributed by atoms with E-state index in [1.807, 2.05) is 0 Å². The molecule has 130 valence electrons. The molecule has 22 heavy (non-hydrogen) atoms. The Bertz CT molecular complexity index is 260. The van der Waals surface area contributed by atoms with Crippen LogP contribution in [0.5, 0.6) is 0 Å². The Balaban J connectivity index is 2.25. The highest BCUT2D eigenvalue weighted by Gasteiger charge is 2.09. The van der Waals surface area contributed by atoms with Crippen LogP contribution in [0.4, 0.5) is 0 Å². The molecule has 0 atom stereocenters. The van der Waals surface area contributed by atoms with Crippen molar-refractivity contribution in [1.82, 2.24) is 4.90 Å². The fourth-order valence-electron chi connectivity index (χ4n) is 1.83. The van der Waals surface area contributed by atoms with Gasteiger partial charge < -0.3 is 28.8 Å².